The van der Waals surface area contributed by atoms with Crippen molar-refractivity contribution < 1.29 is 33.4 Å². The molecule has 1 aromatic carbocycles. The number of carbonyl (C=O) groups excluding carboxylic acids is 2. The topological polar surface area (TPSA) is 115 Å². The van der Waals surface area contributed by atoms with Crippen LogP contribution in [0, 0.1) is 0 Å². The van der Waals surface area contributed by atoms with E-state index in [1.54, 1.807) is 30.3 Å². The highest BCUT2D eigenvalue weighted by Crippen LogP contribution is 2.35. The van der Waals surface area contributed by atoms with Gasteiger partial charge in [0, 0.05) is 24.7 Å². The zero-order valence-corrected chi connectivity index (χ0v) is 17.2. The number of amides is 1. The number of ketones is 1. The molecule has 8 nitrogen and oxygen atoms in total. The number of Topliss-reactive ketones (excluding diaryl/α,β-unsaturated/α-hetero) is 1. The van der Waals surface area contributed by atoms with Crippen LogP contribution in [0.5, 0.6) is 11.5 Å². The third-order valence-electron chi connectivity index (χ3n) is 4.08. The standard InChI is InChI=1S/C20H23NO7S/c1-12(22)21-14(20(24)25)11-29-19(17-5-4-8-28-17)10-15(23)13-6-7-16(26-2)18(9-13)27-3/h4-9,14,19H,10-11H2,1-3H3,(H,21,22)(H,24,25). The molecule has 0 fully saturated rings. The minimum absolute atomic E-state index is 0.0828. The Morgan fingerprint density at radius 2 is 1.90 bits per heavy atom. The molecule has 2 rings (SSSR count). The molecule has 0 aliphatic heterocycles. The summed E-state index contributed by atoms with van der Waals surface area (Å²) in [6.45, 7) is 1.26. The molecule has 156 valence electrons. The van der Waals surface area contributed by atoms with Crippen molar-refractivity contribution >= 4 is 29.4 Å². The van der Waals surface area contributed by atoms with Crippen LogP contribution in [0.3, 0.4) is 0 Å². The molecular weight excluding hydrogens is 398 g/mol. The fourth-order valence-corrected chi connectivity index (χ4v) is 3.86. The minimum atomic E-state index is -1.14. The predicted molar refractivity (Wildman–Crippen MR) is 108 cm³/mol. The lowest BCUT2D eigenvalue weighted by Gasteiger charge is -2.18. The molecule has 0 saturated carbocycles. The molecule has 0 radical (unpaired) electrons. The summed E-state index contributed by atoms with van der Waals surface area (Å²) < 4.78 is 15.9. The van der Waals surface area contributed by atoms with Crippen molar-refractivity contribution in [3.05, 3.63) is 47.9 Å². The normalized spacial score (nSPS) is 12.7. The first-order chi connectivity index (χ1) is 13.8. The summed E-state index contributed by atoms with van der Waals surface area (Å²) in [5, 5.41) is 11.3. The van der Waals surface area contributed by atoms with E-state index in [2.05, 4.69) is 5.32 Å². The van der Waals surface area contributed by atoms with Crippen LogP contribution >= 0.6 is 11.8 Å². The number of rotatable bonds is 11. The van der Waals surface area contributed by atoms with Gasteiger partial charge in [-0.15, -0.1) is 11.8 Å². The molecule has 0 spiro atoms. The lowest BCUT2D eigenvalue weighted by molar-refractivity contribution is -0.140. The zero-order chi connectivity index (χ0) is 21.4. The molecule has 0 saturated heterocycles. The smallest absolute Gasteiger partial charge is 0.327 e. The molecule has 2 atom stereocenters. The molecule has 0 aliphatic carbocycles. The second-order valence-corrected chi connectivity index (χ2v) is 7.36. The van der Waals surface area contributed by atoms with Crippen molar-refractivity contribution in [2.24, 2.45) is 0 Å². The fourth-order valence-electron chi connectivity index (χ4n) is 2.64. The Hall–Kier alpha value is -2.94. The number of hydrogen-bond donors (Lipinski definition) is 2. The zero-order valence-electron chi connectivity index (χ0n) is 16.3. The minimum Gasteiger partial charge on any atom is -0.493 e. The lowest BCUT2D eigenvalue weighted by Crippen LogP contribution is -2.41. The Kier molecular flexibility index (Phi) is 8.14. The molecule has 2 aromatic rings. The van der Waals surface area contributed by atoms with E-state index in [0.29, 0.717) is 22.8 Å². The van der Waals surface area contributed by atoms with Gasteiger partial charge in [-0.2, -0.15) is 0 Å². The number of nitrogens with one attached hydrogen (secondary N) is 1. The highest BCUT2D eigenvalue weighted by Gasteiger charge is 2.25. The first-order valence-corrected chi connectivity index (χ1v) is 9.80. The third-order valence-corrected chi connectivity index (χ3v) is 5.40. The van der Waals surface area contributed by atoms with E-state index in [0.717, 1.165) is 0 Å². The molecule has 9 heteroatoms. The molecule has 2 N–H and O–H groups in total. The Balaban J connectivity index is 2.16. The number of furan rings is 1. The van der Waals surface area contributed by atoms with Gasteiger partial charge < -0.3 is 24.3 Å². The summed E-state index contributed by atoms with van der Waals surface area (Å²) >= 11 is 1.23. The number of methoxy groups -OCH3 is 2. The average Bonchev–Trinajstić information content (AvgIpc) is 3.23. The van der Waals surface area contributed by atoms with E-state index in [1.165, 1.54) is 39.2 Å². The third kappa shape index (κ3) is 6.28. The number of carbonyl (C=O) groups is 3. The first kappa shape index (κ1) is 22.4. The molecule has 1 aromatic heterocycles. The van der Waals surface area contributed by atoms with Gasteiger partial charge in [0.25, 0.3) is 0 Å². The van der Waals surface area contributed by atoms with Gasteiger partial charge in [-0.25, -0.2) is 4.79 Å². The maximum absolute atomic E-state index is 12.8. The van der Waals surface area contributed by atoms with Gasteiger partial charge in [0.05, 0.1) is 25.7 Å². The van der Waals surface area contributed by atoms with Crippen molar-refractivity contribution in [2.75, 3.05) is 20.0 Å². The number of hydrogen-bond acceptors (Lipinski definition) is 7. The number of aliphatic carboxylic acids is 1. The molecule has 1 heterocycles. The van der Waals surface area contributed by atoms with Crippen LogP contribution in [0.1, 0.15) is 34.7 Å². The Bertz CT molecular complexity index is 851. The number of thioether (sulfide) groups is 1. The van der Waals surface area contributed by atoms with E-state index in [9.17, 15) is 19.5 Å². The maximum atomic E-state index is 12.8. The Labute approximate surface area is 172 Å². The molecule has 2 unspecified atom stereocenters. The number of carboxylic acids is 1. The summed E-state index contributed by atoms with van der Waals surface area (Å²) in [6.07, 6.45) is 1.58. The van der Waals surface area contributed by atoms with Gasteiger partial charge in [0.15, 0.2) is 17.3 Å². The average molecular weight is 421 g/mol. The first-order valence-electron chi connectivity index (χ1n) is 8.75. The van der Waals surface area contributed by atoms with Gasteiger partial charge in [0.1, 0.15) is 11.8 Å². The van der Waals surface area contributed by atoms with Crippen LogP contribution in [0.25, 0.3) is 0 Å². The summed E-state index contributed by atoms with van der Waals surface area (Å²) in [5.41, 5.74) is 0.441. The van der Waals surface area contributed by atoms with Gasteiger partial charge in [0.2, 0.25) is 5.91 Å². The molecular formula is C20H23NO7S. The van der Waals surface area contributed by atoms with Crippen LogP contribution < -0.4 is 14.8 Å². The molecule has 1 amide bonds. The summed E-state index contributed by atoms with van der Waals surface area (Å²) in [4.78, 5) is 35.4. The highest BCUT2D eigenvalue weighted by molar-refractivity contribution is 7.99. The van der Waals surface area contributed by atoms with Crippen LogP contribution in [0.15, 0.2) is 41.0 Å². The van der Waals surface area contributed by atoms with Crippen LogP contribution in [-0.2, 0) is 9.59 Å². The molecule has 0 bridgehead atoms. The second kappa shape index (κ2) is 10.6. The summed E-state index contributed by atoms with van der Waals surface area (Å²) in [5.74, 6) is -0.148. The number of carboxylic acid groups (broad SMARTS) is 1. The predicted octanol–water partition coefficient (Wildman–Crippen LogP) is 2.93. The second-order valence-electron chi connectivity index (χ2n) is 6.13. The van der Waals surface area contributed by atoms with Crippen molar-refractivity contribution in [3.8, 4) is 11.5 Å². The van der Waals surface area contributed by atoms with Crippen molar-refractivity contribution in [3.63, 3.8) is 0 Å². The molecule has 0 aliphatic rings. The lowest BCUT2D eigenvalue weighted by atomic mass is 10.0. The largest absolute Gasteiger partial charge is 0.493 e. The van der Waals surface area contributed by atoms with E-state index >= 15 is 0 Å². The van der Waals surface area contributed by atoms with Crippen molar-refractivity contribution in [2.45, 2.75) is 24.6 Å². The van der Waals surface area contributed by atoms with E-state index in [4.69, 9.17) is 13.9 Å². The van der Waals surface area contributed by atoms with Gasteiger partial charge in [-0.3, -0.25) is 9.59 Å². The van der Waals surface area contributed by atoms with Gasteiger partial charge in [-0.05, 0) is 30.3 Å². The van der Waals surface area contributed by atoms with E-state index < -0.39 is 23.2 Å². The maximum Gasteiger partial charge on any atom is 0.327 e. The van der Waals surface area contributed by atoms with Crippen molar-refractivity contribution in [1.29, 1.82) is 0 Å². The van der Waals surface area contributed by atoms with Crippen molar-refractivity contribution in [1.82, 2.24) is 5.32 Å². The summed E-state index contributed by atoms with van der Waals surface area (Å²) in [6, 6.07) is 7.26. The monoisotopic (exact) mass is 421 g/mol. The van der Waals surface area contributed by atoms with Gasteiger partial charge in [-0.1, -0.05) is 0 Å². The Morgan fingerprint density at radius 1 is 1.17 bits per heavy atom. The van der Waals surface area contributed by atoms with Gasteiger partial charge >= 0.3 is 5.97 Å². The van der Waals surface area contributed by atoms with E-state index in [1.807, 2.05) is 0 Å². The SMILES string of the molecule is COc1ccc(C(=O)CC(SCC(NC(C)=O)C(=O)O)c2ccco2)cc1OC. The Morgan fingerprint density at radius 3 is 2.45 bits per heavy atom. The number of ether oxygens (including phenoxy) is 2. The highest BCUT2D eigenvalue weighted by atomic mass is 32.2. The van der Waals surface area contributed by atoms with Crippen LogP contribution in [0.2, 0.25) is 0 Å². The number of benzene rings is 1. The summed E-state index contributed by atoms with van der Waals surface area (Å²) in [7, 11) is 3.00. The van der Waals surface area contributed by atoms with E-state index in [-0.39, 0.29) is 18.0 Å². The van der Waals surface area contributed by atoms with Crippen LogP contribution in [0.4, 0.5) is 0 Å². The quantitative estimate of drug-likeness (QED) is 0.532. The molecule has 29 heavy (non-hydrogen) atoms. The van der Waals surface area contributed by atoms with Crippen LogP contribution in [-0.4, -0.2) is 48.8 Å². The fraction of sp³-hybridized carbons (Fsp3) is 0.350.